The molecule has 0 radical (unpaired) electrons. The van der Waals surface area contributed by atoms with Crippen LogP contribution in [0.15, 0.2) is 71.1 Å². The van der Waals surface area contributed by atoms with Gasteiger partial charge in [0, 0.05) is 5.56 Å². The first kappa shape index (κ1) is 29.8. The van der Waals surface area contributed by atoms with Crippen LogP contribution in [0.4, 0.5) is 13.2 Å². The lowest BCUT2D eigenvalue weighted by molar-refractivity contribution is -0.159. The van der Waals surface area contributed by atoms with Crippen molar-refractivity contribution in [3.63, 3.8) is 0 Å². The van der Waals surface area contributed by atoms with E-state index < -0.39 is 23.8 Å². The van der Waals surface area contributed by atoms with Crippen LogP contribution < -0.4 is 0 Å². The summed E-state index contributed by atoms with van der Waals surface area (Å²) in [7, 11) is 0. The number of nitrogens with zero attached hydrogens (tertiary/aromatic N) is 1. The Balaban J connectivity index is 1.10. The Labute approximate surface area is 241 Å². The number of carbonyl (C=O) groups is 1. The lowest BCUT2D eigenvalue weighted by atomic mass is 9.95. The molecule has 0 aliphatic heterocycles. The predicted molar refractivity (Wildman–Crippen MR) is 149 cm³/mol. The van der Waals surface area contributed by atoms with Gasteiger partial charge in [-0.2, -0.15) is 13.2 Å². The summed E-state index contributed by atoms with van der Waals surface area (Å²) in [4.78, 5) is 16.4. The van der Waals surface area contributed by atoms with Gasteiger partial charge in [-0.25, -0.2) is 9.78 Å². The number of aromatic nitrogens is 1. The molecule has 1 fully saturated rings. The van der Waals surface area contributed by atoms with Crippen LogP contribution >= 0.6 is 0 Å². The highest BCUT2D eigenvalue weighted by atomic mass is 19.4. The standard InChI is InChI=1S/C32H32F3NO6/c1-20-28(36-30(42-20)24-12-11-22-5-2-3-6-23(22)15-24)18-39-26-7-4-8-27(16-26)40-19-29(31(37)38)41-17-21-9-13-25(14-10-21)32(33,34)35/h2-3,5-6,9-15,26-27,29H,4,7-8,16-19H2,1H3,(H,37,38)/t26-,27+,29+/m0/s1. The minimum absolute atomic E-state index is 0.0830. The zero-order chi connectivity index (χ0) is 29.7. The molecule has 42 heavy (non-hydrogen) atoms. The van der Waals surface area contributed by atoms with Gasteiger partial charge in [0.05, 0.1) is 37.6 Å². The van der Waals surface area contributed by atoms with Crippen LogP contribution in [0, 0.1) is 6.92 Å². The van der Waals surface area contributed by atoms with E-state index in [1.165, 1.54) is 12.1 Å². The average molecular weight is 584 g/mol. The van der Waals surface area contributed by atoms with E-state index in [-0.39, 0.29) is 32.0 Å². The summed E-state index contributed by atoms with van der Waals surface area (Å²) < 4.78 is 61.7. The van der Waals surface area contributed by atoms with Crippen molar-refractivity contribution in [2.45, 2.75) is 70.3 Å². The molecule has 0 unspecified atom stereocenters. The highest BCUT2D eigenvalue weighted by Crippen LogP contribution is 2.30. The zero-order valence-corrected chi connectivity index (χ0v) is 23.1. The predicted octanol–water partition coefficient (Wildman–Crippen LogP) is 7.34. The maximum Gasteiger partial charge on any atom is 0.416 e. The quantitative estimate of drug-likeness (QED) is 0.198. The van der Waals surface area contributed by atoms with Gasteiger partial charge in [-0.3, -0.25) is 0 Å². The third kappa shape index (κ3) is 7.56. The Morgan fingerprint density at radius 3 is 2.43 bits per heavy atom. The second-order valence-corrected chi connectivity index (χ2v) is 10.5. The van der Waals surface area contributed by atoms with Gasteiger partial charge in [-0.05, 0) is 73.2 Å². The summed E-state index contributed by atoms with van der Waals surface area (Å²) in [5, 5.41) is 11.8. The van der Waals surface area contributed by atoms with Gasteiger partial charge in [0.1, 0.15) is 11.5 Å². The Morgan fingerprint density at radius 2 is 1.71 bits per heavy atom. The molecule has 5 rings (SSSR count). The number of ether oxygens (including phenoxy) is 3. The number of rotatable bonds is 11. The number of alkyl halides is 3. The molecule has 3 atom stereocenters. The van der Waals surface area contributed by atoms with Gasteiger partial charge in [-0.1, -0.05) is 42.5 Å². The third-order valence-electron chi connectivity index (χ3n) is 7.41. The Hall–Kier alpha value is -3.73. The summed E-state index contributed by atoms with van der Waals surface area (Å²) in [6, 6.07) is 18.6. The molecular weight excluding hydrogens is 551 g/mol. The first-order chi connectivity index (χ1) is 20.2. The number of halogens is 3. The second-order valence-electron chi connectivity index (χ2n) is 10.5. The number of aryl methyl sites for hydroxylation is 1. The number of hydrogen-bond acceptors (Lipinski definition) is 6. The topological polar surface area (TPSA) is 91.0 Å². The fourth-order valence-electron chi connectivity index (χ4n) is 5.01. The smallest absolute Gasteiger partial charge is 0.416 e. The SMILES string of the molecule is Cc1oc(-c2ccc3ccccc3c2)nc1CO[C@H]1CCC[C@@H](OC[C@@H](OCc2ccc(C(F)(F)F)cc2)C(=O)O)C1. The van der Waals surface area contributed by atoms with Crippen molar-refractivity contribution < 1.29 is 41.7 Å². The van der Waals surface area contributed by atoms with Gasteiger partial charge < -0.3 is 23.7 Å². The molecule has 10 heteroatoms. The van der Waals surface area contributed by atoms with E-state index >= 15 is 0 Å². The molecule has 222 valence electrons. The van der Waals surface area contributed by atoms with Crippen LogP contribution in [-0.4, -0.2) is 41.0 Å². The number of aliphatic carboxylic acids is 1. The van der Waals surface area contributed by atoms with E-state index in [1.807, 2.05) is 43.3 Å². The van der Waals surface area contributed by atoms with Crippen molar-refractivity contribution in [3.8, 4) is 11.5 Å². The number of benzene rings is 3. The molecule has 0 amide bonds. The maximum atomic E-state index is 12.8. The molecule has 0 saturated heterocycles. The van der Waals surface area contributed by atoms with Gasteiger partial charge in [0.15, 0.2) is 6.10 Å². The highest BCUT2D eigenvalue weighted by Gasteiger charge is 2.30. The molecular formula is C32H32F3NO6. The summed E-state index contributed by atoms with van der Waals surface area (Å²) in [6.07, 6.45) is -2.90. The third-order valence-corrected chi connectivity index (χ3v) is 7.41. The van der Waals surface area contributed by atoms with Crippen molar-refractivity contribution in [2.24, 2.45) is 0 Å². The minimum Gasteiger partial charge on any atom is -0.479 e. The number of carboxylic acid groups (broad SMARTS) is 1. The molecule has 1 saturated carbocycles. The molecule has 1 aliphatic carbocycles. The lowest BCUT2D eigenvalue weighted by Crippen LogP contribution is -2.34. The Kier molecular flexibility index (Phi) is 9.25. The molecule has 1 heterocycles. The van der Waals surface area contributed by atoms with Crippen LogP contribution in [0.25, 0.3) is 22.2 Å². The molecule has 1 aliphatic rings. The molecule has 1 aromatic heterocycles. The molecule has 0 spiro atoms. The van der Waals surface area contributed by atoms with Crippen LogP contribution in [0.2, 0.25) is 0 Å². The first-order valence-electron chi connectivity index (χ1n) is 13.8. The van der Waals surface area contributed by atoms with E-state index in [0.29, 0.717) is 23.6 Å². The van der Waals surface area contributed by atoms with Crippen molar-refractivity contribution in [1.29, 1.82) is 0 Å². The minimum atomic E-state index is -4.44. The van der Waals surface area contributed by atoms with Crippen molar-refractivity contribution in [1.82, 2.24) is 4.98 Å². The van der Waals surface area contributed by atoms with Crippen LogP contribution in [0.5, 0.6) is 0 Å². The van der Waals surface area contributed by atoms with Crippen molar-refractivity contribution >= 4 is 16.7 Å². The monoisotopic (exact) mass is 583 g/mol. The number of fused-ring (bicyclic) bond motifs is 1. The summed E-state index contributed by atoms with van der Waals surface area (Å²) in [5.74, 6) is 0.0308. The van der Waals surface area contributed by atoms with Crippen molar-refractivity contribution in [2.75, 3.05) is 6.61 Å². The molecule has 0 bridgehead atoms. The fraction of sp³-hybridized carbons (Fsp3) is 0.375. The van der Waals surface area contributed by atoms with Crippen molar-refractivity contribution in [3.05, 3.63) is 89.3 Å². The van der Waals surface area contributed by atoms with E-state index in [0.717, 1.165) is 53.4 Å². The second kappa shape index (κ2) is 13.1. The Bertz CT molecular complexity index is 1500. The number of oxazole rings is 1. The summed E-state index contributed by atoms with van der Waals surface area (Å²) in [5.41, 5.74) is 1.28. The highest BCUT2D eigenvalue weighted by molar-refractivity contribution is 5.86. The lowest BCUT2D eigenvalue weighted by Gasteiger charge is -2.29. The molecule has 7 nitrogen and oxygen atoms in total. The molecule has 3 aromatic carbocycles. The first-order valence-corrected chi connectivity index (χ1v) is 13.8. The molecule has 1 N–H and O–H groups in total. The van der Waals surface area contributed by atoms with E-state index in [4.69, 9.17) is 18.6 Å². The molecule has 4 aromatic rings. The van der Waals surface area contributed by atoms with Gasteiger partial charge in [-0.15, -0.1) is 0 Å². The van der Waals surface area contributed by atoms with Gasteiger partial charge in [0.25, 0.3) is 0 Å². The normalized spacial score (nSPS) is 18.3. The van der Waals surface area contributed by atoms with Gasteiger partial charge >= 0.3 is 12.1 Å². The maximum absolute atomic E-state index is 12.8. The summed E-state index contributed by atoms with van der Waals surface area (Å²) in [6.45, 7) is 1.83. The van der Waals surface area contributed by atoms with E-state index in [2.05, 4.69) is 11.1 Å². The van der Waals surface area contributed by atoms with Gasteiger partial charge in [0.2, 0.25) is 5.89 Å². The Morgan fingerprint density at radius 1 is 1.00 bits per heavy atom. The number of carboxylic acids is 1. The van der Waals surface area contributed by atoms with Crippen LogP contribution in [0.1, 0.15) is 48.3 Å². The number of hydrogen-bond donors (Lipinski definition) is 1. The average Bonchev–Trinajstić information content (AvgIpc) is 3.36. The summed E-state index contributed by atoms with van der Waals surface area (Å²) >= 11 is 0. The van der Waals surface area contributed by atoms with E-state index in [1.54, 1.807) is 0 Å². The van der Waals surface area contributed by atoms with E-state index in [9.17, 15) is 23.1 Å². The van der Waals surface area contributed by atoms with Crippen LogP contribution in [-0.2, 0) is 38.4 Å². The largest absolute Gasteiger partial charge is 0.479 e. The zero-order valence-electron chi connectivity index (χ0n) is 23.1. The van der Waals surface area contributed by atoms with Crippen LogP contribution in [0.3, 0.4) is 0 Å². The fourth-order valence-corrected chi connectivity index (χ4v) is 5.01.